The lowest BCUT2D eigenvalue weighted by Crippen LogP contribution is -2.13. The smallest absolute Gasteiger partial charge is 0.122 e. The van der Waals surface area contributed by atoms with E-state index in [9.17, 15) is 4.79 Å². The van der Waals surface area contributed by atoms with Crippen LogP contribution in [0.15, 0.2) is 43.0 Å². The molecule has 0 spiro atoms. The standard InChI is InChI=1S/C14H18O2/c1-2-3-9-14(10-11-15)16-12-13-7-5-4-6-8-13/h2,4-8,11,14H,1,3,9-10,12H2. The highest BCUT2D eigenvalue weighted by atomic mass is 16.5. The number of carbonyl (C=O) groups excluding carboxylic acids is 1. The minimum Gasteiger partial charge on any atom is -0.373 e. The fraction of sp³-hybridized carbons (Fsp3) is 0.357. The fourth-order valence-corrected chi connectivity index (χ4v) is 1.47. The van der Waals surface area contributed by atoms with Crippen LogP contribution in [0.3, 0.4) is 0 Å². The van der Waals surface area contributed by atoms with Gasteiger partial charge in [-0.25, -0.2) is 0 Å². The molecule has 0 aliphatic rings. The molecule has 1 aromatic rings. The van der Waals surface area contributed by atoms with Crippen LogP contribution in [0.1, 0.15) is 24.8 Å². The van der Waals surface area contributed by atoms with Crippen molar-refractivity contribution in [3.05, 3.63) is 48.6 Å². The third-order valence-corrected chi connectivity index (χ3v) is 2.38. The maximum Gasteiger partial charge on any atom is 0.122 e. The Labute approximate surface area is 96.9 Å². The summed E-state index contributed by atoms with van der Waals surface area (Å²) in [6.45, 7) is 4.23. The van der Waals surface area contributed by atoms with Gasteiger partial charge in [0.05, 0.1) is 12.7 Å². The molecule has 1 unspecified atom stereocenters. The van der Waals surface area contributed by atoms with Gasteiger partial charge in [0.1, 0.15) is 6.29 Å². The van der Waals surface area contributed by atoms with Crippen LogP contribution in [-0.2, 0) is 16.1 Å². The predicted octanol–water partition coefficient (Wildman–Crippen LogP) is 3.13. The van der Waals surface area contributed by atoms with E-state index in [0.29, 0.717) is 13.0 Å². The molecule has 2 heteroatoms. The molecule has 2 nitrogen and oxygen atoms in total. The van der Waals surface area contributed by atoms with E-state index in [4.69, 9.17) is 4.74 Å². The van der Waals surface area contributed by atoms with Crippen LogP contribution in [0.25, 0.3) is 0 Å². The van der Waals surface area contributed by atoms with Gasteiger partial charge in [0.15, 0.2) is 0 Å². The minimum atomic E-state index is 0.00991. The second-order valence-corrected chi connectivity index (χ2v) is 3.69. The molecule has 0 saturated carbocycles. The highest BCUT2D eigenvalue weighted by Crippen LogP contribution is 2.10. The second-order valence-electron chi connectivity index (χ2n) is 3.69. The third kappa shape index (κ3) is 4.89. The van der Waals surface area contributed by atoms with Crippen molar-refractivity contribution in [2.45, 2.75) is 32.0 Å². The normalized spacial score (nSPS) is 12.0. The lowest BCUT2D eigenvalue weighted by Gasteiger charge is -2.14. The van der Waals surface area contributed by atoms with E-state index in [1.165, 1.54) is 0 Å². The molecule has 0 amide bonds. The first-order chi connectivity index (χ1) is 7.86. The third-order valence-electron chi connectivity index (χ3n) is 2.38. The van der Waals surface area contributed by atoms with Gasteiger partial charge in [-0.15, -0.1) is 6.58 Å². The molecule has 0 N–H and O–H groups in total. The minimum absolute atomic E-state index is 0.00991. The number of aldehydes is 1. The molecule has 16 heavy (non-hydrogen) atoms. The van der Waals surface area contributed by atoms with Crippen molar-refractivity contribution in [3.63, 3.8) is 0 Å². The number of hydrogen-bond donors (Lipinski definition) is 0. The summed E-state index contributed by atoms with van der Waals surface area (Å²) in [5.41, 5.74) is 1.14. The Bertz CT molecular complexity index is 306. The molecule has 0 aliphatic carbocycles. The van der Waals surface area contributed by atoms with Crippen molar-refractivity contribution in [1.82, 2.24) is 0 Å². The van der Waals surface area contributed by atoms with E-state index in [-0.39, 0.29) is 6.10 Å². The van der Waals surface area contributed by atoms with Crippen LogP contribution >= 0.6 is 0 Å². The van der Waals surface area contributed by atoms with Crippen LogP contribution in [0.4, 0.5) is 0 Å². The van der Waals surface area contributed by atoms with Crippen LogP contribution in [-0.4, -0.2) is 12.4 Å². The van der Waals surface area contributed by atoms with E-state index in [2.05, 4.69) is 6.58 Å². The van der Waals surface area contributed by atoms with Crippen molar-refractivity contribution in [3.8, 4) is 0 Å². The molecule has 86 valence electrons. The van der Waals surface area contributed by atoms with Crippen LogP contribution in [0, 0.1) is 0 Å². The fourth-order valence-electron chi connectivity index (χ4n) is 1.47. The molecule has 1 atom stereocenters. The van der Waals surface area contributed by atoms with Gasteiger partial charge >= 0.3 is 0 Å². The molecule has 0 radical (unpaired) electrons. The van der Waals surface area contributed by atoms with Gasteiger partial charge in [-0.3, -0.25) is 0 Å². The zero-order chi connectivity index (χ0) is 11.6. The van der Waals surface area contributed by atoms with E-state index in [1.807, 2.05) is 36.4 Å². The Morgan fingerprint density at radius 1 is 1.31 bits per heavy atom. The molecule has 0 aromatic heterocycles. The van der Waals surface area contributed by atoms with Crippen LogP contribution < -0.4 is 0 Å². The topological polar surface area (TPSA) is 26.3 Å². The number of hydrogen-bond acceptors (Lipinski definition) is 2. The molecule has 1 aromatic carbocycles. The van der Waals surface area contributed by atoms with Gasteiger partial charge in [-0.1, -0.05) is 36.4 Å². The number of benzene rings is 1. The Hall–Kier alpha value is -1.41. The first kappa shape index (κ1) is 12.7. The van der Waals surface area contributed by atoms with Crippen molar-refractivity contribution in [1.29, 1.82) is 0 Å². The summed E-state index contributed by atoms with van der Waals surface area (Å²) in [4.78, 5) is 10.5. The summed E-state index contributed by atoms with van der Waals surface area (Å²) in [6.07, 6.45) is 4.97. The lowest BCUT2D eigenvalue weighted by molar-refractivity contribution is -0.110. The maximum atomic E-state index is 10.5. The quantitative estimate of drug-likeness (QED) is 0.495. The van der Waals surface area contributed by atoms with Gasteiger partial charge < -0.3 is 9.53 Å². The average Bonchev–Trinajstić information content (AvgIpc) is 2.34. The van der Waals surface area contributed by atoms with Gasteiger partial charge in [0.2, 0.25) is 0 Å². The molecule has 0 fully saturated rings. The SMILES string of the molecule is C=CCCC(CC=O)OCc1ccccc1. The summed E-state index contributed by atoms with van der Waals surface area (Å²) in [6, 6.07) is 9.98. The van der Waals surface area contributed by atoms with Gasteiger partial charge in [-0.05, 0) is 18.4 Å². The van der Waals surface area contributed by atoms with Crippen molar-refractivity contribution >= 4 is 6.29 Å². The molecular formula is C14H18O2. The highest BCUT2D eigenvalue weighted by Gasteiger charge is 2.07. The van der Waals surface area contributed by atoms with Gasteiger partial charge in [0, 0.05) is 6.42 Å². The van der Waals surface area contributed by atoms with Crippen molar-refractivity contribution in [2.75, 3.05) is 0 Å². The van der Waals surface area contributed by atoms with E-state index in [0.717, 1.165) is 24.7 Å². The number of carbonyl (C=O) groups is 1. The van der Waals surface area contributed by atoms with E-state index in [1.54, 1.807) is 0 Å². The van der Waals surface area contributed by atoms with E-state index < -0.39 is 0 Å². The molecule has 0 saturated heterocycles. The van der Waals surface area contributed by atoms with Crippen LogP contribution in [0.2, 0.25) is 0 Å². The van der Waals surface area contributed by atoms with Crippen LogP contribution in [0.5, 0.6) is 0 Å². The number of rotatable bonds is 8. The summed E-state index contributed by atoms with van der Waals surface area (Å²) < 4.78 is 5.69. The summed E-state index contributed by atoms with van der Waals surface area (Å²) in [7, 11) is 0. The predicted molar refractivity (Wildman–Crippen MR) is 65.1 cm³/mol. The highest BCUT2D eigenvalue weighted by molar-refractivity contribution is 5.50. The van der Waals surface area contributed by atoms with Gasteiger partial charge in [-0.2, -0.15) is 0 Å². The zero-order valence-electron chi connectivity index (χ0n) is 9.47. The molecule has 1 rings (SSSR count). The molecular weight excluding hydrogens is 200 g/mol. The monoisotopic (exact) mass is 218 g/mol. The Balaban J connectivity index is 2.36. The number of ether oxygens (including phenoxy) is 1. The van der Waals surface area contributed by atoms with Crippen molar-refractivity contribution in [2.24, 2.45) is 0 Å². The Kier molecular flexibility index (Phi) is 6.19. The summed E-state index contributed by atoms with van der Waals surface area (Å²) in [5, 5.41) is 0. The largest absolute Gasteiger partial charge is 0.373 e. The zero-order valence-corrected chi connectivity index (χ0v) is 9.47. The van der Waals surface area contributed by atoms with Gasteiger partial charge in [0.25, 0.3) is 0 Å². The first-order valence-corrected chi connectivity index (χ1v) is 5.57. The summed E-state index contributed by atoms with van der Waals surface area (Å²) in [5.74, 6) is 0. The molecule has 0 aliphatic heterocycles. The lowest BCUT2D eigenvalue weighted by atomic mass is 10.1. The van der Waals surface area contributed by atoms with E-state index >= 15 is 0 Å². The summed E-state index contributed by atoms with van der Waals surface area (Å²) >= 11 is 0. The number of allylic oxidation sites excluding steroid dienone is 1. The maximum absolute atomic E-state index is 10.5. The second kappa shape index (κ2) is 7.83. The first-order valence-electron chi connectivity index (χ1n) is 5.57. The Morgan fingerprint density at radius 2 is 2.06 bits per heavy atom. The van der Waals surface area contributed by atoms with Crippen molar-refractivity contribution < 1.29 is 9.53 Å². The molecule has 0 bridgehead atoms. The molecule has 0 heterocycles. The average molecular weight is 218 g/mol. The Morgan fingerprint density at radius 3 is 2.69 bits per heavy atom.